The number of carboxylic acid groups (broad SMARTS) is 1. The standard InChI is InChI=1S/C21H18N2O5/c1-13(22-23-20(24)16-7-9-17(27-2)10-8-16)14-3-5-15(6-4-14)18-11-12-19(28-18)21(25)26/h3-12H,1-2H3,(H,23,24)(H,25,26)/p-1/b22-13-. The molecule has 0 saturated heterocycles. The van der Waals surface area contributed by atoms with Gasteiger partial charge in [0.15, 0.2) is 0 Å². The molecule has 3 aromatic rings. The molecule has 1 heterocycles. The molecule has 0 saturated carbocycles. The molecule has 0 atom stereocenters. The second kappa shape index (κ2) is 8.22. The number of hydrazone groups is 1. The predicted octanol–water partition coefficient (Wildman–Crippen LogP) is 2.47. The van der Waals surface area contributed by atoms with Crippen molar-refractivity contribution in [1.82, 2.24) is 5.43 Å². The number of hydrogen-bond donors (Lipinski definition) is 1. The Labute approximate surface area is 161 Å². The summed E-state index contributed by atoms with van der Waals surface area (Å²) in [5.74, 6) is -0.826. The Bertz CT molecular complexity index is 1020. The number of methoxy groups -OCH3 is 1. The van der Waals surface area contributed by atoms with Crippen molar-refractivity contribution in [3.05, 3.63) is 77.6 Å². The van der Waals surface area contributed by atoms with Gasteiger partial charge in [-0.15, -0.1) is 0 Å². The van der Waals surface area contributed by atoms with Crippen LogP contribution in [0.1, 0.15) is 33.4 Å². The average molecular weight is 377 g/mol. The summed E-state index contributed by atoms with van der Waals surface area (Å²) in [7, 11) is 1.56. The van der Waals surface area contributed by atoms with Crippen LogP contribution in [0.25, 0.3) is 11.3 Å². The van der Waals surface area contributed by atoms with Crippen molar-refractivity contribution < 1.29 is 23.8 Å². The molecule has 7 nitrogen and oxygen atoms in total. The maximum Gasteiger partial charge on any atom is 0.271 e. The molecule has 0 radical (unpaired) electrons. The Morgan fingerprint density at radius 2 is 1.61 bits per heavy atom. The third-order valence-electron chi connectivity index (χ3n) is 4.07. The summed E-state index contributed by atoms with van der Waals surface area (Å²) >= 11 is 0. The number of furan rings is 1. The number of aromatic carboxylic acids is 1. The first-order chi connectivity index (χ1) is 13.5. The first kappa shape index (κ1) is 18.9. The molecule has 1 aromatic heterocycles. The van der Waals surface area contributed by atoms with Gasteiger partial charge in [0, 0.05) is 11.1 Å². The van der Waals surface area contributed by atoms with Gasteiger partial charge in [0.2, 0.25) is 0 Å². The third-order valence-corrected chi connectivity index (χ3v) is 4.07. The zero-order chi connectivity index (χ0) is 20.1. The number of nitrogens with one attached hydrogen (secondary N) is 1. The first-order valence-corrected chi connectivity index (χ1v) is 8.38. The van der Waals surface area contributed by atoms with Crippen molar-refractivity contribution in [3.8, 4) is 17.1 Å². The fourth-order valence-corrected chi connectivity index (χ4v) is 2.48. The fraction of sp³-hybridized carbons (Fsp3) is 0.0952. The lowest BCUT2D eigenvalue weighted by Crippen LogP contribution is -2.21. The molecule has 3 rings (SSSR count). The summed E-state index contributed by atoms with van der Waals surface area (Å²) in [4.78, 5) is 22.9. The summed E-state index contributed by atoms with van der Waals surface area (Å²) in [6, 6.07) is 16.8. The number of amides is 1. The second-order valence-corrected chi connectivity index (χ2v) is 5.90. The highest BCUT2D eigenvalue weighted by molar-refractivity contribution is 6.01. The topological polar surface area (TPSA) is 104 Å². The van der Waals surface area contributed by atoms with E-state index in [0.29, 0.717) is 28.3 Å². The molecule has 142 valence electrons. The minimum Gasteiger partial charge on any atom is -0.542 e. The number of carbonyl (C=O) groups is 2. The zero-order valence-corrected chi connectivity index (χ0v) is 15.3. The minimum absolute atomic E-state index is 0.224. The molecule has 0 fully saturated rings. The highest BCUT2D eigenvalue weighted by Crippen LogP contribution is 2.22. The largest absolute Gasteiger partial charge is 0.542 e. The molecule has 1 N–H and O–H groups in total. The summed E-state index contributed by atoms with van der Waals surface area (Å²) in [5, 5.41) is 14.9. The summed E-state index contributed by atoms with van der Waals surface area (Å²) < 4.78 is 10.3. The molecule has 0 aliphatic carbocycles. The van der Waals surface area contributed by atoms with E-state index in [2.05, 4.69) is 10.5 Å². The van der Waals surface area contributed by atoms with E-state index in [1.807, 2.05) is 0 Å². The summed E-state index contributed by atoms with van der Waals surface area (Å²) in [5.41, 5.74) is 5.11. The Morgan fingerprint density at radius 3 is 2.18 bits per heavy atom. The van der Waals surface area contributed by atoms with Crippen molar-refractivity contribution in [2.24, 2.45) is 5.10 Å². The molecular formula is C21H17N2O5-. The van der Waals surface area contributed by atoms with E-state index in [4.69, 9.17) is 9.15 Å². The summed E-state index contributed by atoms with van der Waals surface area (Å²) in [6.07, 6.45) is 0. The lowest BCUT2D eigenvalue weighted by Gasteiger charge is -2.05. The number of nitrogens with zero attached hydrogens (tertiary/aromatic N) is 1. The van der Waals surface area contributed by atoms with Crippen LogP contribution in [-0.4, -0.2) is 24.7 Å². The molecular weight excluding hydrogens is 360 g/mol. The smallest absolute Gasteiger partial charge is 0.271 e. The predicted molar refractivity (Wildman–Crippen MR) is 101 cm³/mol. The molecule has 0 unspecified atom stereocenters. The van der Waals surface area contributed by atoms with E-state index in [9.17, 15) is 14.7 Å². The molecule has 2 aromatic carbocycles. The monoisotopic (exact) mass is 377 g/mol. The van der Waals surface area contributed by atoms with E-state index < -0.39 is 5.97 Å². The molecule has 0 aliphatic rings. The van der Waals surface area contributed by atoms with Gasteiger partial charge in [-0.05, 0) is 48.9 Å². The van der Waals surface area contributed by atoms with Gasteiger partial charge in [0.25, 0.3) is 5.91 Å². The Kier molecular flexibility index (Phi) is 5.55. The van der Waals surface area contributed by atoms with Crippen molar-refractivity contribution >= 4 is 17.6 Å². The fourth-order valence-electron chi connectivity index (χ4n) is 2.48. The van der Waals surface area contributed by atoms with Gasteiger partial charge in [0.1, 0.15) is 23.2 Å². The number of rotatable bonds is 6. The van der Waals surface area contributed by atoms with Crippen LogP contribution in [0, 0.1) is 0 Å². The third kappa shape index (κ3) is 4.27. The molecule has 0 spiro atoms. The maximum atomic E-state index is 12.2. The van der Waals surface area contributed by atoms with Crippen LogP contribution in [0.4, 0.5) is 0 Å². The van der Waals surface area contributed by atoms with E-state index in [-0.39, 0.29) is 11.7 Å². The lowest BCUT2D eigenvalue weighted by atomic mass is 10.1. The average Bonchev–Trinajstić information content (AvgIpc) is 3.22. The van der Waals surface area contributed by atoms with E-state index in [1.54, 1.807) is 68.6 Å². The lowest BCUT2D eigenvalue weighted by molar-refractivity contribution is -0.257. The maximum absolute atomic E-state index is 12.2. The van der Waals surface area contributed by atoms with Crippen molar-refractivity contribution in [1.29, 1.82) is 0 Å². The van der Waals surface area contributed by atoms with Gasteiger partial charge in [0.05, 0.1) is 12.8 Å². The van der Waals surface area contributed by atoms with Crippen molar-refractivity contribution in [2.75, 3.05) is 7.11 Å². The van der Waals surface area contributed by atoms with E-state index in [1.165, 1.54) is 6.07 Å². The number of ether oxygens (including phenoxy) is 1. The van der Waals surface area contributed by atoms with E-state index in [0.717, 1.165) is 5.56 Å². The van der Waals surface area contributed by atoms with Crippen molar-refractivity contribution in [2.45, 2.75) is 6.92 Å². The highest BCUT2D eigenvalue weighted by Gasteiger charge is 2.08. The van der Waals surface area contributed by atoms with Gasteiger partial charge < -0.3 is 19.1 Å². The Balaban J connectivity index is 1.68. The Morgan fingerprint density at radius 1 is 0.964 bits per heavy atom. The SMILES string of the molecule is COc1ccc(C(=O)N/N=C(/C)c2ccc(-c3ccc(C(=O)[O-])o3)cc2)cc1. The van der Waals surface area contributed by atoms with Gasteiger partial charge in [-0.1, -0.05) is 24.3 Å². The van der Waals surface area contributed by atoms with Crippen LogP contribution >= 0.6 is 0 Å². The highest BCUT2D eigenvalue weighted by atomic mass is 16.5. The normalized spacial score (nSPS) is 11.1. The van der Waals surface area contributed by atoms with Crippen LogP contribution in [0.2, 0.25) is 0 Å². The number of carboxylic acids is 1. The summed E-state index contributed by atoms with van der Waals surface area (Å²) in [6.45, 7) is 1.77. The molecule has 0 aliphatic heterocycles. The van der Waals surface area contributed by atoms with Crippen LogP contribution in [0.3, 0.4) is 0 Å². The molecule has 28 heavy (non-hydrogen) atoms. The quantitative estimate of drug-likeness (QED) is 0.525. The Hall–Kier alpha value is -3.87. The molecule has 1 amide bonds. The molecule has 7 heteroatoms. The van der Waals surface area contributed by atoms with Crippen LogP contribution in [0.15, 0.2) is 70.2 Å². The van der Waals surface area contributed by atoms with E-state index >= 15 is 0 Å². The van der Waals surface area contributed by atoms with Gasteiger partial charge >= 0.3 is 0 Å². The van der Waals surface area contributed by atoms with Gasteiger partial charge in [-0.2, -0.15) is 5.10 Å². The number of benzene rings is 2. The molecule has 0 bridgehead atoms. The number of hydrogen-bond acceptors (Lipinski definition) is 6. The van der Waals surface area contributed by atoms with Gasteiger partial charge in [-0.25, -0.2) is 5.43 Å². The first-order valence-electron chi connectivity index (χ1n) is 8.38. The van der Waals surface area contributed by atoms with Crippen LogP contribution < -0.4 is 15.3 Å². The minimum atomic E-state index is -1.36. The zero-order valence-electron chi connectivity index (χ0n) is 15.3. The van der Waals surface area contributed by atoms with Crippen LogP contribution in [-0.2, 0) is 0 Å². The number of carbonyl (C=O) groups excluding carboxylic acids is 2. The second-order valence-electron chi connectivity index (χ2n) is 5.90. The van der Waals surface area contributed by atoms with Gasteiger partial charge in [-0.3, -0.25) is 4.79 Å². The van der Waals surface area contributed by atoms with Crippen molar-refractivity contribution in [3.63, 3.8) is 0 Å². The van der Waals surface area contributed by atoms with Crippen LogP contribution in [0.5, 0.6) is 5.75 Å².